The number of aryl methyl sites for hydroxylation is 1. The van der Waals surface area contributed by atoms with E-state index >= 15 is 0 Å². The number of thioether (sulfide) groups is 1. The molecular weight excluding hydrogens is 296 g/mol. The van der Waals surface area contributed by atoms with Gasteiger partial charge in [-0.25, -0.2) is 13.4 Å². The normalized spacial score (nSPS) is 13.4. The number of nitrogens with zero attached hydrogens (tertiary/aromatic N) is 1. The van der Waals surface area contributed by atoms with Gasteiger partial charge in [0.25, 0.3) is 10.0 Å². The Kier molecular flexibility index (Phi) is 5.57. The van der Waals surface area contributed by atoms with Gasteiger partial charge in [-0.15, -0.1) is 11.3 Å². The first-order chi connectivity index (χ1) is 8.36. The lowest BCUT2D eigenvalue weighted by atomic mass is 10.2. The number of hydrogen-bond donors (Lipinski definition) is 2. The smallest absolute Gasteiger partial charge is 0.321 e. The van der Waals surface area contributed by atoms with Crippen LogP contribution in [0.2, 0.25) is 0 Å². The Hall–Kier alpha value is -0.640. The minimum Gasteiger partial charge on any atom is -0.480 e. The first-order valence-electron chi connectivity index (χ1n) is 5.03. The van der Waals surface area contributed by atoms with Crippen LogP contribution in [0, 0.1) is 6.92 Å². The van der Waals surface area contributed by atoms with Crippen LogP contribution in [0.15, 0.2) is 10.4 Å². The number of aromatic nitrogens is 1. The van der Waals surface area contributed by atoms with Gasteiger partial charge in [-0.2, -0.15) is 16.5 Å². The molecule has 0 amide bonds. The van der Waals surface area contributed by atoms with E-state index in [9.17, 15) is 13.2 Å². The fraction of sp³-hybridized carbons (Fsp3) is 0.556. The Bertz CT molecular complexity index is 512. The zero-order valence-corrected chi connectivity index (χ0v) is 12.4. The molecule has 0 aliphatic heterocycles. The largest absolute Gasteiger partial charge is 0.480 e. The molecule has 0 aliphatic rings. The third-order valence-corrected chi connectivity index (χ3v) is 5.56. The van der Waals surface area contributed by atoms with Crippen LogP contribution in [0.3, 0.4) is 0 Å². The summed E-state index contributed by atoms with van der Waals surface area (Å²) in [4.78, 5) is 14.8. The fourth-order valence-corrected chi connectivity index (χ4v) is 4.00. The van der Waals surface area contributed by atoms with Crippen LogP contribution in [0.5, 0.6) is 0 Å². The Morgan fingerprint density at radius 3 is 2.78 bits per heavy atom. The van der Waals surface area contributed by atoms with Crippen molar-refractivity contribution < 1.29 is 18.3 Å². The molecule has 1 aromatic heterocycles. The summed E-state index contributed by atoms with van der Waals surface area (Å²) in [5.74, 6) is -0.602. The first kappa shape index (κ1) is 15.4. The third-order valence-electron chi connectivity index (χ3n) is 2.07. The average molecular weight is 310 g/mol. The van der Waals surface area contributed by atoms with Crippen LogP contribution in [-0.2, 0) is 14.8 Å². The van der Waals surface area contributed by atoms with Gasteiger partial charge in [-0.3, -0.25) is 4.79 Å². The number of carboxylic acid groups (broad SMARTS) is 1. The second kappa shape index (κ2) is 6.50. The molecule has 0 radical (unpaired) electrons. The molecule has 0 saturated carbocycles. The summed E-state index contributed by atoms with van der Waals surface area (Å²) in [6, 6.07) is -1.11. The summed E-state index contributed by atoms with van der Waals surface area (Å²) in [5.41, 5.74) is 0. The Morgan fingerprint density at radius 1 is 1.67 bits per heavy atom. The van der Waals surface area contributed by atoms with Gasteiger partial charge in [-0.05, 0) is 25.4 Å². The van der Waals surface area contributed by atoms with E-state index in [1.54, 1.807) is 6.92 Å². The van der Waals surface area contributed by atoms with Crippen LogP contribution < -0.4 is 4.72 Å². The van der Waals surface area contributed by atoms with Gasteiger partial charge in [0.15, 0.2) is 4.21 Å². The van der Waals surface area contributed by atoms with Gasteiger partial charge in [0, 0.05) is 0 Å². The van der Waals surface area contributed by atoms with E-state index in [0.717, 1.165) is 11.3 Å². The van der Waals surface area contributed by atoms with Crippen molar-refractivity contribution in [3.8, 4) is 0 Å². The summed E-state index contributed by atoms with van der Waals surface area (Å²) in [7, 11) is -3.80. The second-order valence-electron chi connectivity index (χ2n) is 3.49. The highest BCUT2D eigenvalue weighted by molar-refractivity contribution is 7.98. The van der Waals surface area contributed by atoms with Gasteiger partial charge < -0.3 is 5.11 Å². The number of sulfonamides is 1. The molecule has 0 aromatic carbocycles. The molecular formula is C9H14N2O4S3. The van der Waals surface area contributed by atoms with Gasteiger partial charge in [0.2, 0.25) is 0 Å². The quantitative estimate of drug-likeness (QED) is 0.778. The number of nitrogens with one attached hydrogen (secondary N) is 1. The van der Waals surface area contributed by atoms with Crippen molar-refractivity contribution in [2.45, 2.75) is 23.6 Å². The van der Waals surface area contributed by atoms with Gasteiger partial charge in [0.05, 0.1) is 11.2 Å². The number of hydrogen-bond acceptors (Lipinski definition) is 6. The zero-order chi connectivity index (χ0) is 13.8. The molecule has 0 bridgehead atoms. The van der Waals surface area contributed by atoms with Gasteiger partial charge >= 0.3 is 5.97 Å². The lowest BCUT2D eigenvalue weighted by Crippen LogP contribution is -2.40. The zero-order valence-electron chi connectivity index (χ0n) is 9.91. The molecule has 0 saturated heterocycles. The highest BCUT2D eigenvalue weighted by atomic mass is 32.2. The lowest BCUT2D eigenvalue weighted by molar-refractivity contribution is -0.139. The summed E-state index contributed by atoms with van der Waals surface area (Å²) in [6.07, 6.45) is 3.31. The maximum atomic E-state index is 11.9. The first-order valence-corrected chi connectivity index (χ1v) is 8.72. The van der Waals surface area contributed by atoms with Crippen molar-refractivity contribution in [1.29, 1.82) is 0 Å². The summed E-state index contributed by atoms with van der Waals surface area (Å²) < 4.78 is 26.0. The predicted molar refractivity (Wildman–Crippen MR) is 71.6 cm³/mol. The van der Waals surface area contributed by atoms with Crippen molar-refractivity contribution in [3.05, 3.63) is 11.2 Å². The SMILES string of the molecule is CSCC[C@H](NS(=O)(=O)c1cnc(C)s1)C(=O)O. The predicted octanol–water partition coefficient (Wildman–Crippen LogP) is 0.936. The van der Waals surface area contributed by atoms with Crippen molar-refractivity contribution in [2.75, 3.05) is 12.0 Å². The molecule has 6 nitrogen and oxygen atoms in total. The minimum atomic E-state index is -3.80. The van der Waals surface area contributed by atoms with Crippen molar-refractivity contribution in [2.24, 2.45) is 0 Å². The van der Waals surface area contributed by atoms with Crippen LogP contribution in [0.25, 0.3) is 0 Å². The lowest BCUT2D eigenvalue weighted by Gasteiger charge is -2.12. The minimum absolute atomic E-state index is 0.0374. The molecule has 1 heterocycles. The summed E-state index contributed by atoms with van der Waals surface area (Å²) >= 11 is 2.48. The molecule has 2 N–H and O–H groups in total. The van der Waals surface area contributed by atoms with Gasteiger partial charge in [-0.1, -0.05) is 0 Å². The summed E-state index contributed by atoms with van der Waals surface area (Å²) in [5, 5.41) is 9.58. The molecule has 1 aromatic rings. The number of thiazole rings is 1. The van der Waals surface area contributed by atoms with Crippen molar-refractivity contribution in [1.82, 2.24) is 9.71 Å². The standard InChI is InChI=1S/C9H14N2O4S3/c1-6-10-5-8(17-6)18(14,15)11-7(9(12)13)3-4-16-2/h5,7,11H,3-4H2,1-2H3,(H,12,13)/t7-/m0/s1. The van der Waals surface area contributed by atoms with Gasteiger partial charge in [0.1, 0.15) is 6.04 Å². The highest BCUT2D eigenvalue weighted by Crippen LogP contribution is 2.18. The van der Waals surface area contributed by atoms with Crippen molar-refractivity contribution in [3.63, 3.8) is 0 Å². The molecule has 1 rings (SSSR count). The highest BCUT2D eigenvalue weighted by Gasteiger charge is 2.26. The second-order valence-corrected chi connectivity index (χ2v) is 7.65. The molecule has 0 aliphatic carbocycles. The van der Waals surface area contributed by atoms with Crippen molar-refractivity contribution >= 4 is 39.1 Å². The monoisotopic (exact) mass is 310 g/mol. The Labute approximate surface area is 114 Å². The topological polar surface area (TPSA) is 96.4 Å². The Balaban J connectivity index is 2.82. The van der Waals surface area contributed by atoms with E-state index in [4.69, 9.17) is 5.11 Å². The van der Waals surface area contributed by atoms with E-state index in [2.05, 4.69) is 9.71 Å². The molecule has 0 spiro atoms. The molecule has 0 unspecified atom stereocenters. The number of carboxylic acids is 1. The maximum absolute atomic E-state index is 11.9. The Morgan fingerprint density at radius 2 is 2.33 bits per heavy atom. The molecule has 102 valence electrons. The summed E-state index contributed by atoms with van der Waals surface area (Å²) in [6.45, 7) is 1.69. The van der Waals surface area contributed by atoms with E-state index in [-0.39, 0.29) is 10.6 Å². The molecule has 1 atom stereocenters. The number of aliphatic carboxylic acids is 1. The van der Waals surface area contributed by atoms with Crippen LogP contribution in [-0.4, -0.2) is 42.5 Å². The van der Waals surface area contributed by atoms with E-state index in [0.29, 0.717) is 10.8 Å². The fourth-order valence-electron chi connectivity index (χ4n) is 1.18. The molecule has 9 heteroatoms. The molecule has 0 fully saturated rings. The van der Waals surface area contributed by atoms with Crippen LogP contribution >= 0.6 is 23.1 Å². The average Bonchev–Trinajstić information content (AvgIpc) is 2.71. The van der Waals surface area contributed by atoms with E-state index < -0.39 is 22.0 Å². The third kappa shape index (κ3) is 4.23. The van der Waals surface area contributed by atoms with Crippen LogP contribution in [0.1, 0.15) is 11.4 Å². The van der Waals surface area contributed by atoms with E-state index in [1.807, 2.05) is 6.26 Å². The maximum Gasteiger partial charge on any atom is 0.321 e. The number of rotatable bonds is 7. The van der Waals surface area contributed by atoms with E-state index in [1.165, 1.54) is 18.0 Å². The molecule has 18 heavy (non-hydrogen) atoms. The van der Waals surface area contributed by atoms with Crippen LogP contribution in [0.4, 0.5) is 0 Å². The number of carbonyl (C=O) groups is 1.